The number of hydrazine groups is 1. The molecule has 0 bridgehead atoms. The van der Waals surface area contributed by atoms with E-state index in [1.165, 1.54) is 12.1 Å². The highest BCUT2D eigenvalue weighted by atomic mass is 32.2. The molecule has 0 aromatic heterocycles. The topological polar surface area (TPSA) is 96.5 Å². The van der Waals surface area contributed by atoms with Crippen LogP contribution in [0, 0.1) is 6.92 Å². The van der Waals surface area contributed by atoms with Gasteiger partial charge in [0.2, 0.25) is 0 Å². The summed E-state index contributed by atoms with van der Waals surface area (Å²) in [6.07, 6.45) is 1.09. The van der Waals surface area contributed by atoms with Crippen molar-refractivity contribution in [3.8, 4) is 0 Å². The number of sulfone groups is 1. The molecular formula is C14H21N3O4S2. The van der Waals surface area contributed by atoms with Crippen LogP contribution in [0.1, 0.15) is 22.8 Å². The van der Waals surface area contributed by atoms with Crippen LogP contribution in [0.25, 0.3) is 0 Å². The van der Waals surface area contributed by atoms with Gasteiger partial charge in [-0.1, -0.05) is 6.07 Å². The van der Waals surface area contributed by atoms with Crippen LogP contribution in [0.3, 0.4) is 0 Å². The van der Waals surface area contributed by atoms with Crippen molar-refractivity contribution in [3.63, 3.8) is 0 Å². The molecule has 0 spiro atoms. The quantitative estimate of drug-likeness (QED) is 0.522. The van der Waals surface area contributed by atoms with Crippen molar-refractivity contribution in [2.24, 2.45) is 0 Å². The third-order valence-electron chi connectivity index (χ3n) is 2.97. The summed E-state index contributed by atoms with van der Waals surface area (Å²) in [7, 11) is -1.80. The average Bonchev–Trinajstić information content (AvgIpc) is 2.44. The number of thiocarbonyl (C=S) groups is 1. The molecule has 1 aromatic rings. The van der Waals surface area contributed by atoms with Crippen LogP contribution in [0.15, 0.2) is 23.1 Å². The first kappa shape index (κ1) is 19.3. The van der Waals surface area contributed by atoms with Crippen LogP contribution in [-0.2, 0) is 14.6 Å². The highest BCUT2D eigenvalue weighted by molar-refractivity contribution is 7.90. The predicted octanol–water partition coefficient (Wildman–Crippen LogP) is 0.542. The van der Waals surface area contributed by atoms with E-state index in [0.717, 1.165) is 6.26 Å². The van der Waals surface area contributed by atoms with E-state index < -0.39 is 15.7 Å². The maximum Gasteiger partial charge on any atom is 0.269 e. The SMILES string of the molecule is COC[C@H](C)NC(=S)NNC(=O)c1cc(S(C)(=O)=O)ccc1C. The van der Waals surface area contributed by atoms with Crippen molar-refractivity contribution in [2.45, 2.75) is 24.8 Å². The molecule has 0 saturated heterocycles. The van der Waals surface area contributed by atoms with Gasteiger partial charge in [-0.25, -0.2) is 8.42 Å². The second-order valence-electron chi connectivity index (χ2n) is 5.16. The molecule has 1 atom stereocenters. The number of nitrogens with one attached hydrogen (secondary N) is 3. The van der Waals surface area contributed by atoms with Crippen molar-refractivity contribution in [1.82, 2.24) is 16.2 Å². The lowest BCUT2D eigenvalue weighted by atomic mass is 10.1. The predicted molar refractivity (Wildman–Crippen MR) is 92.0 cm³/mol. The Morgan fingerprint density at radius 1 is 1.35 bits per heavy atom. The summed E-state index contributed by atoms with van der Waals surface area (Å²) in [5.74, 6) is -0.475. The summed E-state index contributed by atoms with van der Waals surface area (Å²) in [4.78, 5) is 12.3. The third kappa shape index (κ3) is 6.12. The molecule has 0 unspecified atom stereocenters. The Labute approximate surface area is 141 Å². The molecule has 23 heavy (non-hydrogen) atoms. The Balaban J connectivity index is 2.73. The molecule has 0 heterocycles. The Kier molecular flexibility index (Phi) is 6.92. The Hall–Kier alpha value is -1.71. The highest BCUT2D eigenvalue weighted by Crippen LogP contribution is 2.15. The van der Waals surface area contributed by atoms with E-state index in [-0.39, 0.29) is 21.6 Å². The molecule has 1 amide bonds. The van der Waals surface area contributed by atoms with Gasteiger partial charge in [-0.2, -0.15) is 0 Å². The van der Waals surface area contributed by atoms with Crippen LogP contribution in [0.5, 0.6) is 0 Å². The van der Waals surface area contributed by atoms with Crippen LogP contribution in [-0.4, -0.2) is 45.5 Å². The number of aryl methyl sites for hydroxylation is 1. The standard InChI is InChI=1S/C14H21N3O4S2/c1-9-5-6-11(23(4,19)20)7-12(9)13(18)16-17-14(22)15-10(2)8-21-3/h5-7,10H,8H2,1-4H3,(H,16,18)(H2,15,17,22)/t10-/m0/s1. The molecule has 9 heteroatoms. The maximum absolute atomic E-state index is 12.2. The van der Waals surface area contributed by atoms with Gasteiger partial charge >= 0.3 is 0 Å². The molecule has 3 N–H and O–H groups in total. The van der Waals surface area contributed by atoms with Crippen molar-refractivity contribution < 1.29 is 17.9 Å². The second kappa shape index (κ2) is 8.23. The summed E-state index contributed by atoms with van der Waals surface area (Å²) in [5, 5.41) is 3.16. The summed E-state index contributed by atoms with van der Waals surface area (Å²) in [5.41, 5.74) is 5.92. The number of methoxy groups -OCH3 is 1. The first-order chi connectivity index (χ1) is 10.6. The summed E-state index contributed by atoms with van der Waals surface area (Å²) in [6.45, 7) is 4.06. The number of hydrogen-bond donors (Lipinski definition) is 3. The first-order valence-corrected chi connectivity index (χ1v) is 9.11. The molecule has 0 radical (unpaired) electrons. The lowest BCUT2D eigenvalue weighted by Gasteiger charge is -2.17. The van der Waals surface area contributed by atoms with Crippen molar-refractivity contribution in [1.29, 1.82) is 0 Å². The smallest absolute Gasteiger partial charge is 0.269 e. The molecule has 0 aliphatic heterocycles. The lowest BCUT2D eigenvalue weighted by molar-refractivity contribution is 0.0942. The zero-order valence-corrected chi connectivity index (χ0v) is 15.1. The van der Waals surface area contributed by atoms with E-state index in [0.29, 0.717) is 12.2 Å². The second-order valence-corrected chi connectivity index (χ2v) is 7.58. The molecule has 0 saturated carbocycles. The third-order valence-corrected chi connectivity index (χ3v) is 4.30. The van der Waals surface area contributed by atoms with E-state index in [1.54, 1.807) is 20.1 Å². The minimum absolute atomic E-state index is 0.0211. The van der Waals surface area contributed by atoms with Crippen molar-refractivity contribution >= 4 is 33.1 Å². The van der Waals surface area contributed by atoms with Gasteiger partial charge in [0, 0.05) is 25.0 Å². The molecule has 1 rings (SSSR count). The van der Waals surface area contributed by atoms with Crippen LogP contribution in [0.4, 0.5) is 0 Å². The van der Waals surface area contributed by atoms with Crippen LogP contribution >= 0.6 is 12.2 Å². The zero-order valence-electron chi connectivity index (χ0n) is 13.5. The van der Waals surface area contributed by atoms with Gasteiger partial charge in [0.25, 0.3) is 5.91 Å². The van der Waals surface area contributed by atoms with Gasteiger partial charge < -0.3 is 10.1 Å². The van der Waals surface area contributed by atoms with E-state index in [2.05, 4.69) is 16.2 Å². The summed E-state index contributed by atoms with van der Waals surface area (Å²) >= 11 is 5.04. The minimum atomic E-state index is -3.38. The van der Waals surface area contributed by atoms with E-state index in [1.807, 2.05) is 6.92 Å². The van der Waals surface area contributed by atoms with E-state index in [4.69, 9.17) is 17.0 Å². The fourth-order valence-corrected chi connectivity index (χ4v) is 2.71. The summed E-state index contributed by atoms with van der Waals surface area (Å²) in [6, 6.07) is 4.37. The Bertz CT molecular complexity index is 689. The van der Waals surface area contributed by atoms with E-state index in [9.17, 15) is 13.2 Å². The fourth-order valence-electron chi connectivity index (χ4n) is 1.81. The maximum atomic E-state index is 12.2. The molecular weight excluding hydrogens is 338 g/mol. The van der Waals surface area contributed by atoms with Gasteiger partial charge in [0.1, 0.15) is 0 Å². The molecule has 0 aliphatic carbocycles. The van der Waals surface area contributed by atoms with Crippen molar-refractivity contribution in [3.05, 3.63) is 29.3 Å². The van der Waals surface area contributed by atoms with Gasteiger partial charge in [-0.3, -0.25) is 15.6 Å². The molecule has 128 valence electrons. The minimum Gasteiger partial charge on any atom is -0.383 e. The number of ether oxygens (including phenoxy) is 1. The largest absolute Gasteiger partial charge is 0.383 e. The van der Waals surface area contributed by atoms with Crippen molar-refractivity contribution in [2.75, 3.05) is 20.0 Å². The molecule has 0 aliphatic rings. The molecule has 1 aromatic carbocycles. The van der Waals surface area contributed by atoms with Gasteiger partial charge in [0.15, 0.2) is 14.9 Å². The van der Waals surface area contributed by atoms with Gasteiger partial charge in [-0.05, 0) is 43.8 Å². The number of rotatable bonds is 5. The number of amides is 1. The summed E-state index contributed by atoms with van der Waals surface area (Å²) < 4.78 is 28.1. The molecule has 0 fully saturated rings. The highest BCUT2D eigenvalue weighted by Gasteiger charge is 2.14. The van der Waals surface area contributed by atoms with Gasteiger partial charge in [-0.15, -0.1) is 0 Å². The number of carbonyl (C=O) groups excluding carboxylic acids is 1. The number of hydrogen-bond acceptors (Lipinski definition) is 5. The lowest BCUT2D eigenvalue weighted by Crippen LogP contribution is -2.50. The first-order valence-electron chi connectivity index (χ1n) is 6.81. The van der Waals surface area contributed by atoms with Crippen LogP contribution in [0.2, 0.25) is 0 Å². The Morgan fingerprint density at radius 3 is 2.57 bits per heavy atom. The Morgan fingerprint density at radius 2 is 2.00 bits per heavy atom. The zero-order chi connectivity index (χ0) is 17.6. The molecule has 7 nitrogen and oxygen atoms in total. The van der Waals surface area contributed by atoms with Crippen LogP contribution < -0.4 is 16.2 Å². The normalized spacial score (nSPS) is 12.3. The fraction of sp³-hybridized carbons (Fsp3) is 0.429. The average molecular weight is 359 g/mol. The monoisotopic (exact) mass is 359 g/mol. The number of benzene rings is 1. The van der Waals surface area contributed by atoms with Gasteiger partial charge in [0.05, 0.1) is 11.5 Å². The number of carbonyl (C=O) groups is 1. The van der Waals surface area contributed by atoms with E-state index >= 15 is 0 Å².